The Balaban J connectivity index is 1.50. The van der Waals surface area contributed by atoms with Crippen molar-refractivity contribution in [3.8, 4) is 0 Å². The van der Waals surface area contributed by atoms with Crippen LogP contribution in [-0.4, -0.2) is 47.0 Å². The van der Waals surface area contributed by atoms with Gasteiger partial charge in [-0.15, -0.1) is 0 Å². The molecule has 2 aromatic rings. The van der Waals surface area contributed by atoms with E-state index in [2.05, 4.69) is 24.7 Å². The first-order chi connectivity index (χ1) is 15.2. The molecule has 3 N–H and O–H groups in total. The molecule has 2 aromatic carbocycles. The van der Waals surface area contributed by atoms with Gasteiger partial charge in [-0.05, 0) is 43.7 Å². The van der Waals surface area contributed by atoms with Gasteiger partial charge in [0, 0.05) is 24.2 Å². The van der Waals surface area contributed by atoms with Crippen LogP contribution in [0.1, 0.15) is 25.3 Å². The lowest BCUT2D eigenvalue weighted by Crippen LogP contribution is -2.30. The van der Waals surface area contributed by atoms with Gasteiger partial charge in [0.25, 0.3) is 20.0 Å². The van der Waals surface area contributed by atoms with Crippen molar-refractivity contribution >= 4 is 43.3 Å². The summed E-state index contributed by atoms with van der Waals surface area (Å²) in [6, 6.07) is 11.2. The molecule has 0 fully saturated rings. The van der Waals surface area contributed by atoms with Gasteiger partial charge >= 0.3 is 0 Å². The predicted molar refractivity (Wildman–Crippen MR) is 120 cm³/mol. The molecule has 0 saturated heterocycles. The van der Waals surface area contributed by atoms with Crippen molar-refractivity contribution in [2.45, 2.75) is 35.6 Å². The lowest BCUT2D eigenvalue weighted by atomic mass is 10.2. The van der Waals surface area contributed by atoms with E-state index >= 15 is 0 Å². The molecule has 0 radical (unpaired) electrons. The molecule has 2 heterocycles. The summed E-state index contributed by atoms with van der Waals surface area (Å²) in [7, 11) is -7.54. The number of amides is 1. The number of carbonyl (C=O) groups is 1. The van der Waals surface area contributed by atoms with E-state index in [1.807, 2.05) is 0 Å². The van der Waals surface area contributed by atoms with Gasteiger partial charge in [-0.2, -0.15) is 0 Å². The van der Waals surface area contributed by atoms with E-state index in [1.165, 1.54) is 31.2 Å². The molecular formula is C20H21N5O5S2. The minimum atomic E-state index is -3.82. The van der Waals surface area contributed by atoms with Crippen LogP contribution in [0.3, 0.4) is 0 Å². The second-order valence-corrected chi connectivity index (χ2v) is 10.6. The average molecular weight is 476 g/mol. The summed E-state index contributed by atoms with van der Waals surface area (Å²) in [6.07, 6.45) is 1.37. The second kappa shape index (κ2) is 8.36. The lowest BCUT2D eigenvalue weighted by molar-refractivity contribution is -0.117. The van der Waals surface area contributed by atoms with E-state index < -0.39 is 32.0 Å². The number of anilines is 1. The first-order valence-corrected chi connectivity index (χ1v) is 12.8. The van der Waals surface area contributed by atoms with Crippen molar-refractivity contribution in [2.24, 2.45) is 9.98 Å². The second-order valence-electron chi connectivity index (χ2n) is 7.31. The van der Waals surface area contributed by atoms with E-state index in [0.717, 1.165) is 6.42 Å². The van der Waals surface area contributed by atoms with Crippen LogP contribution in [0.2, 0.25) is 0 Å². The molecule has 2 aliphatic heterocycles. The smallest absolute Gasteiger partial charge is 0.263 e. The van der Waals surface area contributed by atoms with Crippen LogP contribution < -0.4 is 14.8 Å². The fraction of sp³-hybridized carbons (Fsp3) is 0.250. The van der Waals surface area contributed by atoms with Crippen LogP contribution >= 0.6 is 0 Å². The van der Waals surface area contributed by atoms with Gasteiger partial charge < -0.3 is 5.32 Å². The van der Waals surface area contributed by atoms with Gasteiger partial charge in [-0.3, -0.25) is 24.2 Å². The van der Waals surface area contributed by atoms with Crippen LogP contribution in [0.25, 0.3) is 0 Å². The summed E-state index contributed by atoms with van der Waals surface area (Å²) in [5.74, 6) is -0.0203. The molecule has 168 valence electrons. The summed E-state index contributed by atoms with van der Waals surface area (Å²) in [5, 5.41) is 2.62. The first kappa shape index (κ1) is 22.0. The molecule has 32 heavy (non-hydrogen) atoms. The number of carbonyl (C=O) groups excluding carboxylic acids is 1. The molecule has 0 aliphatic carbocycles. The van der Waals surface area contributed by atoms with Crippen molar-refractivity contribution in [1.82, 2.24) is 9.44 Å². The molecule has 2 aliphatic rings. The first-order valence-electron chi connectivity index (χ1n) is 9.83. The summed E-state index contributed by atoms with van der Waals surface area (Å²) >= 11 is 0. The number of fused-ring (bicyclic) bond motifs is 1. The Morgan fingerprint density at radius 1 is 1.19 bits per heavy atom. The van der Waals surface area contributed by atoms with Crippen molar-refractivity contribution < 1.29 is 21.6 Å². The maximum atomic E-state index is 12.6. The van der Waals surface area contributed by atoms with Crippen LogP contribution in [0.15, 0.2) is 68.3 Å². The fourth-order valence-corrected chi connectivity index (χ4v) is 5.68. The van der Waals surface area contributed by atoms with Crippen molar-refractivity contribution in [2.75, 3.05) is 11.9 Å². The van der Waals surface area contributed by atoms with Gasteiger partial charge in [0.1, 0.15) is 17.7 Å². The number of nitrogens with one attached hydrogen (secondary N) is 3. The molecule has 0 spiro atoms. The molecule has 0 bridgehead atoms. The highest BCUT2D eigenvalue weighted by Crippen LogP contribution is 2.23. The number of benzene rings is 2. The quantitative estimate of drug-likeness (QED) is 0.595. The van der Waals surface area contributed by atoms with E-state index in [-0.39, 0.29) is 21.3 Å². The summed E-state index contributed by atoms with van der Waals surface area (Å²) in [4.78, 5) is 21.0. The Kier molecular flexibility index (Phi) is 5.73. The number of amidine groups is 2. The topological polar surface area (TPSA) is 146 Å². The number of aliphatic imine (C=N–C) groups is 2. The zero-order valence-corrected chi connectivity index (χ0v) is 18.7. The zero-order chi connectivity index (χ0) is 22.9. The number of rotatable bonds is 5. The van der Waals surface area contributed by atoms with Crippen molar-refractivity contribution in [3.05, 3.63) is 54.1 Å². The average Bonchev–Trinajstić information content (AvgIpc) is 3.34. The van der Waals surface area contributed by atoms with Crippen LogP contribution in [0, 0.1) is 0 Å². The van der Waals surface area contributed by atoms with Gasteiger partial charge in [0.2, 0.25) is 5.91 Å². The van der Waals surface area contributed by atoms with Gasteiger partial charge in [0.05, 0.1) is 9.79 Å². The minimum absolute atomic E-state index is 0.0126. The highest BCUT2D eigenvalue weighted by atomic mass is 32.2. The molecule has 4 rings (SSSR count). The molecular weight excluding hydrogens is 454 g/mol. The number of hydrogen-bond acceptors (Lipinski definition) is 7. The third kappa shape index (κ3) is 4.50. The lowest BCUT2D eigenvalue weighted by Gasteiger charge is -2.12. The van der Waals surface area contributed by atoms with Crippen molar-refractivity contribution in [3.63, 3.8) is 0 Å². The Bertz CT molecular complexity index is 1350. The maximum Gasteiger partial charge on any atom is 0.263 e. The summed E-state index contributed by atoms with van der Waals surface area (Å²) < 4.78 is 54.4. The molecule has 12 heteroatoms. The van der Waals surface area contributed by atoms with E-state index in [4.69, 9.17) is 0 Å². The third-order valence-electron chi connectivity index (χ3n) is 4.90. The molecule has 1 atom stereocenters. The van der Waals surface area contributed by atoms with Crippen LogP contribution in [-0.2, 0) is 24.8 Å². The summed E-state index contributed by atoms with van der Waals surface area (Å²) in [6.45, 7) is 2.10. The largest absolute Gasteiger partial charge is 0.324 e. The van der Waals surface area contributed by atoms with Gasteiger partial charge in [0.15, 0.2) is 0 Å². The zero-order valence-electron chi connectivity index (χ0n) is 17.1. The molecule has 0 saturated carbocycles. The molecule has 1 amide bonds. The normalized spacial score (nSPS) is 19.0. The highest BCUT2D eigenvalue weighted by Gasteiger charge is 2.31. The Hall–Kier alpha value is -3.25. The third-order valence-corrected chi connectivity index (χ3v) is 7.68. The van der Waals surface area contributed by atoms with E-state index in [9.17, 15) is 21.6 Å². The molecule has 1 unspecified atom stereocenters. The maximum absolute atomic E-state index is 12.6. The van der Waals surface area contributed by atoms with Gasteiger partial charge in [-0.1, -0.05) is 18.2 Å². The number of sulfonamides is 2. The summed E-state index contributed by atoms with van der Waals surface area (Å²) in [5.41, 5.74) is 0.659. The highest BCUT2D eigenvalue weighted by molar-refractivity contribution is 7.90. The van der Waals surface area contributed by atoms with E-state index in [0.29, 0.717) is 24.4 Å². The molecule has 10 nitrogen and oxygen atoms in total. The number of hydrogen-bond donors (Lipinski definition) is 3. The van der Waals surface area contributed by atoms with Crippen LogP contribution in [0.4, 0.5) is 5.69 Å². The standard InChI is InChI=1S/C20H21N5O5S2/c1-13(22-19-16-8-2-3-9-17(16)32(29,30)25-19)20(26)23-14-6-4-7-15(12-14)31(27,28)24-18-10-5-11-21-18/h2-4,6-9,12-13H,5,10-11H2,1H3,(H,21,24)(H,22,25)(H,23,26). The van der Waals surface area contributed by atoms with Crippen LogP contribution in [0.5, 0.6) is 0 Å². The predicted octanol–water partition coefficient (Wildman–Crippen LogP) is 1.22. The SMILES string of the molecule is CC(N=C1NS(=O)(=O)c2ccccc21)C(=O)Nc1cccc(S(=O)(=O)NC2=NCCC2)c1. The van der Waals surface area contributed by atoms with Crippen molar-refractivity contribution in [1.29, 1.82) is 0 Å². The molecule has 0 aromatic heterocycles. The Morgan fingerprint density at radius 3 is 2.72 bits per heavy atom. The Labute approximate surface area is 186 Å². The number of nitrogens with zero attached hydrogens (tertiary/aromatic N) is 2. The van der Waals surface area contributed by atoms with E-state index in [1.54, 1.807) is 24.3 Å². The minimum Gasteiger partial charge on any atom is -0.324 e. The van der Waals surface area contributed by atoms with Gasteiger partial charge in [-0.25, -0.2) is 16.8 Å². The fourth-order valence-electron chi connectivity index (χ4n) is 3.31. The Morgan fingerprint density at radius 2 is 1.97 bits per heavy atom. The monoisotopic (exact) mass is 475 g/mol.